The van der Waals surface area contributed by atoms with Crippen LogP contribution in [-0.2, 0) is 22.9 Å². The smallest absolute Gasteiger partial charge is 0.232 e. The molecule has 0 bridgehead atoms. The molecule has 0 spiro atoms. The molecular weight excluding hydrogens is 260 g/mol. The standard InChI is InChI=1S/C14H22N2O2S/c1-11-9-13-10-12(5-3-4-8-15)6-7-14(13)16(11)19(2,17)18/h6-7,10-11H,3-5,8-9,15H2,1-2H3. The summed E-state index contributed by atoms with van der Waals surface area (Å²) in [7, 11) is -3.18. The molecule has 1 aromatic rings. The van der Waals surface area contributed by atoms with E-state index in [9.17, 15) is 8.42 Å². The molecule has 106 valence electrons. The van der Waals surface area contributed by atoms with E-state index in [0.717, 1.165) is 43.5 Å². The molecule has 0 radical (unpaired) electrons. The normalized spacial score (nSPS) is 18.7. The molecule has 0 amide bonds. The van der Waals surface area contributed by atoms with Gasteiger partial charge in [-0.1, -0.05) is 12.1 Å². The fourth-order valence-corrected chi connectivity index (χ4v) is 4.05. The predicted molar refractivity (Wildman–Crippen MR) is 78.9 cm³/mol. The zero-order valence-corrected chi connectivity index (χ0v) is 12.4. The summed E-state index contributed by atoms with van der Waals surface area (Å²) in [5, 5.41) is 0. The number of nitrogens with two attached hydrogens (primary N) is 1. The average molecular weight is 282 g/mol. The summed E-state index contributed by atoms with van der Waals surface area (Å²) in [4.78, 5) is 0. The van der Waals surface area contributed by atoms with E-state index in [0.29, 0.717) is 0 Å². The zero-order valence-electron chi connectivity index (χ0n) is 11.6. The van der Waals surface area contributed by atoms with Crippen molar-refractivity contribution in [3.63, 3.8) is 0 Å². The zero-order chi connectivity index (χ0) is 14.0. The van der Waals surface area contributed by atoms with Crippen molar-refractivity contribution in [1.82, 2.24) is 0 Å². The third-order valence-corrected chi connectivity index (χ3v) is 4.85. The van der Waals surface area contributed by atoms with Crippen molar-refractivity contribution >= 4 is 15.7 Å². The second-order valence-electron chi connectivity index (χ2n) is 5.32. The van der Waals surface area contributed by atoms with Gasteiger partial charge >= 0.3 is 0 Å². The number of fused-ring (bicyclic) bond motifs is 1. The minimum absolute atomic E-state index is 0.0179. The van der Waals surface area contributed by atoms with E-state index in [-0.39, 0.29) is 6.04 Å². The molecule has 0 aromatic heterocycles. The van der Waals surface area contributed by atoms with E-state index in [1.807, 2.05) is 19.1 Å². The lowest BCUT2D eigenvalue weighted by Crippen LogP contribution is -2.34. The van der Waals surface area contributed by atoms with E-state index in [1.165, 1.54) is 16.1 Å². The first-order chi connectivity index (χ1) is 8.93. The monoisotopic (exact) mass is 282 g/mol. The van der Waals surface area contributed by atoms with Gasteiger partial charge in [0, 0.05) is 6.04 Å². The molecule has 0 fully saturated rings. The summed E-state index contributed by atoms with van der Waals surface area (Å²) in [5.41, 5.74) is 8.75. The third-order valence-electron chi connectivity index (χ3n) is 3.57. The predicted octanol–water partition coefficient (Wildman–Crippen LogP) is 1.68. The second kappa shape index (κ2) is 5.51. The Morgan fingerprint density at radius 3 is 2.74 bits per heavy atom. The van der Waals surface area contributed by atoms with Crippen molar-refractivity contribution in [2.75, 3.05) is 17.1 Å². The van der Waals surface area contributed by atoms with Gasteiger partial charge in [0.25, 0.3) is 0 Å². The van der Waals surface area contributed by atoms with Gasteiger partial charge in [-0.15, -0.1) is 0 Å². The Hall–Kier alpha value is -1.07. The first-order valence-corrected chi connectivity index (χ1v) is 8.59. The molecule has 0 aliphatic carbocycles. The van der Waals surface area contributed by atoms with Gasteiger partial charge in [0.15, 0.2) is 0 Å². The van der Waals surface area contributed by atoms with E-state index in [2.05, 4.69) is 6.07 Å². The lowest BCUT2D eigenvalue weighted by molar-refractivity contribution is 0.590. The second-order valence-corrected chi connectivity index (χ2v) is 7.18. The highest BCUT2D eigenvalue weighted by Crippen LogP contribution is 2.34. The van der Waals surface area contributed by atoms with Gasteiger partial charge in [0.2, 0.25) is 10.0 Å². The van der Waals surface area contributed by atoms with Crippen LogP contribution >= 0.6 is 0 Å². The Balaban J connectivity index is 2.22. The number of aryl methyl sites for hydroxylation is 1. The molecule has 1 aliphatic rings. The summed E-state index contributed by atoms with van der Waals surface area (Å²) >= 11 is 0. The van der Waals surface area contributed by atoms with Gasteiger partial charge in [-0.2, -0.15) is 0 Å². The molecule has 2 rings (SSSR count). The molecule has 19 heavy (non-hydrogen) atoms. The van der Waals surface area contributed by atoms with Crippen LogP contribution in [0.25, 0.3) is 0 Å². The molecule has 1 atom stereocenters. The molecule has 1 unspecified atom stereocenters. The number of sulfonamides is 1. The van der Waals surface area contributed by atoms with Crippen LogP contribution < -0.4 is 10.0 Å². The van der Waals surface area contributed by atoms with Gasteiger partial charge in [-0.3, -0.25) is 4.31 Å². The fraction of sp³-hybridized carbons (Fsp3) is 0.571. The first kappa shape index (κ1) is 14.3. The van der Waals surface area contributed by atoms with Crippen molar-refractivity contribution in [2.24, 2.45) is 5.73 Å². The summed E-state index contributed by atoms with van der Waals surface area (Å²) in [6, 6.07) is 6.14. The van der Waals surface area contributed by atoms with Gasteiger partial charge < -0.3 is 5.73 Å². The molecule has 4 nitrogen and oxygen atoms in total. The van der Waals surface area contributed by atoms with Gasteiger partial charge in [0.1, 0.15) is 0 Å². The number of hydrogen-bond acceptors (Lipinski definition) is 3. The molecular formula is C14H22N2O2S. The molecule has 1 aromatic carbocycles. The van der Waals surface area contributed by atoms with E-state index in [1.54, 1.807) is 0 Å². The van der Waals surface area contributed by atoms with E-state index < -0.39 is 10.0 Å². The topological polar surface area (TPSA) is 63.4 Å². The molecule has 5 heteroatoms. The Morgan fingerprint density at radius 2 is 2.11 bits per heavy atom. The third kappa shape index (κ3) is 3.09. The summed E-state index contributed by atoms with van der Waals surface area (Å²) in [6.45, 7) is 2.68. The molecule has 1 heterocycles. The highest BCUT2D eigenvalue weighted by atomic mass is 32.2. The van der Waals surface area contributed by atoms with Crippen LogP contribution in [0.3, 0.4) is 0 Å². The van der Waals surface area contributed by atoms with Crippen LogP contribution in [-0.4, -0.2) is 27.3 Å². The summed E-state index contributed by atoms with van der Waals surface area (Å²) < 4.78 is 25.2. The summed E-state index contributed by atoms with van der Waals surface area (Å²) in [6.07, 6.45) is 5.20. The van der Waals surface area contributed by atoms with Crippen molar-refractivity contribution < 1.29 is 8.42 Å². The number of hydrogen-bond donors (Lipinski definition) is 1. The largest absolute Gasteiger partial charge is 0.330 e. The van der Waals surface area contributed by atoms with E-state index in [4.69, 9.17) is 5.73 Å². The van der Waals surface area contributed by atoms with Crippen LogP contribution in [0.4, 0.5) is 5.69 Å². The van der Waals surface area contributed by atoms with Crippen molar-refractivity contribution in [2.45, 2.75) is 38.6 Å². The van der Waals surface area contributed by atoms with Gasteiger partial charge in [0.05, 0.1) is 11.9 Å². The number of anilines is 1. The average Bonchev–Trinajstić information content (AvgIpc) is 2.64. The van der Waals surface area contributed by atoms with Gasteiger partial charge in [-0.05, 0) is 56.3 Å². The van der Waals surface area contributed by atoms with Crippen LogP contribution in [0.5, 0.6) is 0 Å². The lowest BCUT2D eigenvalue weighted by atomic mass is 10.0. The minimum Gasteiger partial charge on any atom is -0.330 e. The Kier molecular flexibility index (Phi) is 4.16. The Morgan fingerprint density at radius 1 is 1.37 bits per heavy atom. The van der Waals surface area contributed by atoms with Gasteiger partial charge in [-0.25, -0.2) is 8.42 Å². The maximum atomic E-state index is 11.8. The molecule has 2 N–H and O–H groups in total. The SMILES string of the molecule is CC1Cc2cc(CCCCN)ccc2N1S(C)(=O)=O. The highest BCUT2D eigenvalue weighted by Gasteiger charge is 2.32. The quantitative estimate of drug-likeness (QED) is 0.836. The van der Waals surface area contributed by atoms with Crippen molar-refractivity contribution in [1.29, 1.82) is 0 Å². The number of benzene rings is 1. The van der Waals surface area contributed by atoms with Crippen LogP contribution in [0.1, 0.15) is 30.9 Å². The number of rotatable bonds is 5. The van der Waals surface area contributed by atoms with Crippen LogP contribution in [0.2, 0.25) is 0 Å². The minimum atomic E-state index is -3.18. The maximum Gasteiger partial charge on any atom is 0.232 e. The highest BCUT2D eigenvalue weighted by molar-refractivity contribution is 7.92. The Bertz CT molecular complexity index is 555. The molecule has 1 aliphatic heterocycles. The Labute approximate surface area is 115 Å². The fourth-order valence-electron chi connectivity index (χ4n) is 2.79. The van der Waals surface area contributed by atoms with Crippen LogP contribution in [0, 0.1) is 0 Å². The van der Waals surface area contributed by atoms with E-state index >= 15 is 0 Å². The van der Waals surface area contributed by atoms with Crippen LogP contribution in [0.15, 0.2) is 18.2 Å². The molecule has 0 saturated carbocycles. The van der Waals surface area contributed by atoms with Crippen molar-refractivity contribution in [3.05, 3.63) is 29.3 Å². The molecule has 0 saturated heterocycles. The summed E-state index contributed by atoms with van der Waals surface area (Å²) in [5.74, 6) is 0. The number of unbranched alkanes of at least 4 members (excludes halogenated alkanes) is 1. The number of nitrogens with zero attached hydrogens (tertiary/aromatic N) is 1. The van der Waals surface area contributed by atoms with Crippen molar-refractivity contribution in [3.8, 4) is 0 Å². The maximum absolute atomic E-state index is 11.8. The lowest BCUT2D eigenvalue weighted by Gasteiger charge is -2.22. The first-order valence-electron chi connectivity index (χ1n) is 6.74.